The molecule has 0 bridgehead atoms. The number of nitrogens with zero attached hydrogens (tertiary/aromatic N) is 2. The van der Waals surface area contributed by atoms with Crippen LogP contribution in [-0.2, 0) is 6.54 Å². The molecule has 0 unspecified atom stereocenters. The van der Waals surface area contributed by atoms with Crippen molar-refractivity contribution in [1.29, 1.82) is 0 Å². The monoisotopic (exact) mass is 403 g/mol. The third-order valence-corrected chi connectivity index (χ3v) is 4.46. The van der Waals surface area contributed by atoms with Crippen LogP contribution in [0.5, 0.6) is 11.5 Å². The lowest BCUT2D eigenvalue weighted by atomic mass is 10.1. The Bertz CT molecular complexity index is 1000. The molecule has 2 aromatic carbocycles. The number of rotatable bonds is 8. The Balaban J connectivity index is 1.77. The first-order valence-electron chi connectivity index (χ1n) is 9.05. The molecule has 0 fully saturated rings. The van der Waals surface area contributed by atoms with Gasteiger partial charge >= 0.3 is 6.61 Å². The van der Waals surface area contributed by atoms with Gasteiger partial charge in [-0.1, -0.05) is 0 Å². The molecule has 29 heavy (non-hydrogen) atoms. The highest BCUT2D eigenvalue weighted by Gasteiger charge is 2.15. The van der Waals surface area contributed by atoms with E-state index in [0.29, 0.717) is 5.69 Å². The van der Waals surface area contributed by atoms with Crippen molar-refractivity contribution >= 4 is 22.5 Å². The number of methoxy groups -OCH3 is 1. The van der Waals surface area contributed by atoms with Gasteiger partial charge in [0.15, 0.2) is 11.5 Å². The van der Waals surface area contributed by atoms with Gasteiger partial charge in [0.2, 0.25) is 0 Å². The number of carbonyl (C=O) groups is 1. The van der Waals surface area contributed by atoms with E-state index in [4.69, 9.17) is 4.74 Å². The average molecular weight is 403 g/mol. The van der Waals surface area contributed by atoms with Crippen LogP contribution in [0.4, 0.5) is 14.5 Å². The molecule has 0 spiro atoms. The second kappa shape index (κ2) is 8.91. The van der Waals surface area contributed by atoms with Crippen molar-refractivity contribution in [1.82, 2.24) is 9.47 Å². The Hall–Kier alpha value is -3.13. The van der Waals surface area contributed by atoms with E-state index >= 15 is 0 Å². The minimum absolute atomic E-state index is 0.127. The third kappa shape index (κ3) is 5.03. The lowest BCUT2D eigenvalue weighted by Crippen LogP contribution is -2.17. The van der Waals surface area contributed by atoms with Crippen molar-refractivity contribution in [2.45, 2.75) is 13.2 Å². The van der Waals surface area contributed by atoms with Gasteiger partial charge < -0.3 is 24.3 Å². The maximum atomic E-state index is 12.6. The fraction of sp³-hybridized carbons (Fsp3) is 0.286. The van der Waals surface area contributed by atoms with Crippen LogP contribution in [-0.4, -0.2) is 49.7 Å². The van der Waals surface area contributed by atoms with Crippen LogP contribution in [0.3, 0.4) is 0 Å². The van der Waals surface area contributed by atoms with Crippen LogP contribution >= 0.6 is 0 Å². The fourth-order valence-corrected chi connectivity index (χ4v) is 2.99. The molecule has 1 aromatic heterocycles. The molecule has 0 aliphatic carbocycles. The van der Waals surface area contributed by atoms with Crippen molar-refractivity contribution < 1.29 is 23.0 Å². The van der Waals surface area contributed by atoms with Crippen molar-refractivity contribution in [3.05, 3.63) is 54.2 Å². The topological polar surface area (TPSA) is 55.7 Å². The van der Waals surface area contributed by atoms with Crippen LogP contribution in [0.2, 0.25) is 0 Å². The van der Waals surface area contributed by atoms with Gasteiger partial charge in [0.1, 0.15) is 0 Å². The first-order chi connectivity index (χ1) is 13.9. The predicted octanol–water partition coefficient (Wildman–Crippen LogP) is 4.07. The van der Waals surface area contributed by atoms with E-state index in [1.807, 2.05) is 44.6 Å². The number of carbonyl (C=O) groups excluding carboxylic acids is 1. The number of amides is 1. The molecule has 0 aliphatic rings. The van der Waals surface area contributed by atoms with Gasteiger partial charge in [-0.15, -0.1) is 0 Å². The molecular weight excluding hydrogens is 380 g/mol. The van der Waals surface area contributed by atoms with Crippen LogP contribution in [0.1, 0.15) is 10.4 Å². The van der Waals surface area contributed by atoms with Gasteiger partial charge in [0, 0.05) is 41.4 Å². The van der Waals surface area contributed by atoms with Crippen LogP contribution in [0.15, 0.2) is 48.7 Å². The molecule has 0 saturated heterocycles. The van der Waals surface area contributed by atoms with E-state index in [-0.39, 0.29) is 17.1 Å². The summed E-state index contributed by atoms with van der Waals surface area (Å²) < 4.78 is 36.7. The van der Waals surface area contributed by atoms with Gasteiger partial charge in [-0.3, -0.25) is 4.79 Å². The fourth-order valence-electron chi connectivity index (χ4n) is 2.99. The number of alkyl halides is 2. The van der Waals surface area contributed by atoms with Crippen molar-refractivity contribution in [2.75, 3.05) is 33.1 Å². The van der Waals surface area contributed by atoms with E-state index in [0.717, 1.165) is 24.0 Å². The number of likely N-dealkylation sites (N-methyl/N-ethyl adjacent to an activating group) is 1. The lowest BCUT2D eigenvalue weighted by Gasteiger charge is -2.12. The minimum Gasteiger partial charge on any atom is -0.493 e. The first-order valence-corrected chi connectivity index (χ1v) is 9.05. The van der Waals surface area contributed by atoms with Crippen LogP contribution in [0, 0.1) is 0 Å². The Morgan fingerprint density at radius 3 is 2.62 bits per heavy atom. The quantitative estimate of drug-likeness (QED) is 0.616. The summed E-state index contributed by atoms with van der Waals surface area (Å²) in [7, 11) is 5.39. The number of halogens is 2. The molecule has 0 saturated carbocycles. The summed E-state index contributed by atoms with van der Waals surface area (Å²) in [5.74, 6) is -0.496. The number of nitrogens with one attached hydrogen (secondary N) is 1. The molecule has 8 heteroatoms. The van der Waals surface area contributed by atoms with E-state index < -0.39 is 12.5 Å². The molecule has 3 rings (SSSR count). The summed E-state index contributed by atoms with van der Waals surface area (Å²) >= 11 is 0. The third-order valence-electron chi connectivity index (χ3n) is 4.46. The van der Waals surface area contributed by atoms with E-state index in [9.17, 15) is 13.6 Å². The molecular formula is C21H23F2N3O3. The molecule has 154 valence electrons. The summed E-state index contributed by atoms with van der Waals surface area (Å²) in [5.41, 5.74) is 1.87. The number of fused-ring (bicyclic) bond motifs is 1. The first kappa shape index (κ1) is 20.6. The van der Waals surface area contributed by atoms with Crippen molar-refractivity contribution in [3.8, 4) is 11.5 Å². The smallest absolute Gasteiger partial charge is 0.387 e. The molecule has 1 N–H and O–H groups in total. The number of hydrogen-bond donors (Lipinski definition) is 1. The maximum absolute atomic E-state index is 12.6. The number of aromatic nitrogens is 1. The Kier molecular flexibility index (Phi) is 6.33. The van der Waals surface area contributed by atoms with Crippen LogP contribution < -0.4 is 14.8 Å². The summed E-state index contributed by atoms with van der Waals surface area (Å²) in [4.78, 5) is 14.7. The van der Waals surface area contributed by atoms with Gasteiger partial charge in [-0.2, -0.15) is 8.78 Å². The Labute approximate surface area is 167 Å². The van der Waals surface area contributed by atoms with Gasteiger partial charge in [-0.25, -0.2) is 0 Å². The second-order valence-electron chi connectivity index (χ2n) is 6.78. The Morgan fingerprint density at radius 2 is 1.93 bits per heavy atom. The highest BCUT2D eigenvalue weighted by Crippen LogP contribution is 2.30. The molecule has 1 amide bonds. The molecule has 0 radical (unpaired) electrons. The predicted molar refractivity (Wildman–Crippen MR) is 108 cm³/mol. The molecule has 1 heterocycles. The average Bonchev–Trinajstić information content (AvgIpc) is 3.08. The van der Waals surface area contributed by atoms with E-state index in [1.165, 1.54) is 25.3 Å². The molecule has 0 aliphatic heterocycles. The molecule has 0 atom stereocenters. The van der Waals surface area contributed by atoms with E-state index in [2.05, 4.69) is 19.5 Å². The van der Waals surface area contributed by atoms with Crippen molar-refractivity contribution in [3.63, 3.8) is 0 Å². The Morgan fingerprint density at radius 1 is 1.14 bits per heavy atom. The van der Waals surface area contributed by atoms with Gasteiger partial charge in [-0.05, 0) is 56.6 Å². The minimum atomic E-state index is -3.01. The number of ether oxygens (including phenoxy) is 2. The highest BCUT2D eigenvalue weighted by atomic mass is 19.3. The number of hydrogen-bond acceptors (Lipinski definition) is 4. The zero-order valence-corrected chi connectivity index (χ0v) is 16.5. The van der Waals surface area contributed by atoms with E-state index in [1.54, 1.807) is 0 Å². The zero-order chi connectivity index (χ0) is 21.0. The molecule has 6 nitrogen and oxygen atoms in total. The summed E-state index contributed by atoms with van der Waals surface area (Å²) in [5, 5.41) is 3.79. The summed E-state index contributed by atoms with van der Waals surface area (Å²) in [6, 6.07) is 11.8. The van der Waals surface area contributed by atoms with Crippen molar-refractivity contribution in [2.24, 2.45) is 0 Å². The largest absolute Gasteiger partial charge is 0.493 e. The van der Waals surface area contributed by atoms with Gasteiger partial charge in [0.25, 0.3) is 5.91 Å². The normalized spacial score (nSPS) is 11.3. The maximum Gasteiger partial charge on any atom is 0.387 e. The standard InChI is InChI=1S/C21H23F2N3O3/c1-25(2)10-11-26-9-8-14-12-16(5-6-17(14)26)24-20(27)15-4-7-18(28-3)19(13-15)29-21(22)23/h4-9,12-13,21H,10-11H2,1-3H3,(H,24,27). The number of anilines is 1. The summed E-state index contributed by atoms with van der Waals surface area (Å²) in [6.45, 7) is -1.23. The zero-order valence-electron chi connectivity index (χ0n) is 16.5. The van der Waals surface area contributed by atoms with Gasteiger partial charge in [0.05, 0.1) is 7.11 Å². The lowest BCUT2D eigenvalue weighted by molar-refractivity contribution is -0.0512. The second-order valence-corrected chi connectivity index (χ2v) is 6.78. The number of benzene rings is 2. The highest BCUT2D eigenvalue weighted by molar-refractivity contribution is 6.05. The summed E-state index contributed by atoms with van der Waals surface area (Å²) in [6.07, 6.45) is 2.01. The van der Waals surface area contributed by atoms with Crippen LogP contribution in [0.25, 0.3) is 10.9 Å². The SMILES string of the molecule is COc1ccc(C(=O)Nc2ccc3c(ccn3CCN(C)C)c2)cc1OC(F)F. The molecule has 3 aromatic rings.